The van der Waals surface area contributed by atoms with E-state index in [9.17, 15) is 0 Å². The first-order chi connectivity index (χ1) is 13.3. The molecule has 5 nitrogen and oxygen atoms in total. The predicted octanol–water partition coefficient (Wildman–Crippen LogP) is 5.73. The molecular formula is C20H14ClN3O2S. The smallest absolute Gasteiger partial charge is 0.231 e. The summed E-state index contributed by atoms with van der Waals surface area (Å²) in [5.41, 5.74) is 3.62. The van der Waals surface area contributed by atoms with E-state index < -0.39 is 0 Å². The van der Waals surface area contributed by atoms with E-state index in [1.54, 1.807) is 0 Å². The SMILES string of the molecule is Clc1ccccc1NSc1ccc2nc(-c3cccc4c3OCO4)[nH]c2c1. The largest absolute Gasteiger partial charge is 0.454 e. The molecule has 5 rings (SSSR count). The second kappa shape index (κ2) is 6.72. The van der Waals surface area contributed by atoms with Crippen molar-refractivity contribution < 1.29 is 9.47 Å². The van der Waals surface area contributed by atoms with Gasteiger partial charge in [0, 0.05) is 4.90 Å². The van der Waals surface area contributed by atoms with Gasteiger partial charge in [-0.3, -0.25) is 0 Å². The van der Waals surface area contributed by atoms with Gasteiger partial charge in [-0.1, -0.05) is 29.8 Å². The third-order valence-electron chi connectivity index (χ3n) is 4.26. The van der Waals surface area contributed by atoms with Crippen LogP contribution in [0.4, 0.5) is 5.69 Å². The Morgan fingerprint density at radius 2 is 1.96 bits per heavy atom. The third kappa shape index (κ3) is 3.07. The Morgan fingerprint density at radius 3 is 2.89 bits per heavy atom. The van der Waals surface area contributed by atoms with Crippen molar-refractivity contribution in [3.8, 4) is 22.9 Å². The number of ether oxygens (including phenoxy) is 2. The van der Waals surface area contributed by atoms with Gasteiger partial charge in [0.05, 0.1) is 27.3 Å². The maximum atomic E-state index is 6.19. The van der Waals surface area contributed by atoms with Crippen molar-refractivity contribution in [2.45, 2.75) is 4.90 Å². The molecule has 0 aliphatic carbocycles. The standard InChI is InChI=1S/C20H14ClN3O2S/c21-14-5-1-2-6-15(14)24-27-12-8-9-16-17(10-12)23-20(22-16)13-4-3-7-18-19(13)26-11-25-18/h1-10,24H,11H2,(H,22,23). The van der Waals surface area contributed by atoms with Gasteiger partial charge in [0.1, 0.15) is 5.82 Å². The summed E-state index contributed by atoms with van der Waals surface area (Å²) in [5, 5.41) is 0.690. The van der Waals surface area contributed by atoms with Crippen LogP contribution >= 0.6 is 23.5 Å². The van der Waals surface area contributed by atoms with E-state index in [1.165, 1.54) is 11.9 Å². The van der Waals surface area contributed by atoms with Gasteiger partial charge < -0.3 is 19.2 Å². The minimum atomic E-state index is 0.237. The van der Waals surface area contributed by atoms with Gasteiger partial charge in [0.25, 0.3) is 0 Å². The number of rotatable bonds is 4. The van der Waals surface area contributed by atoms with E-state index in [1.807, 2.05) is 54.6 Å². The van der Waals surface area contributed by atoms with Gasteiger partial charge >= 0.3 is 0 Å². The quantitative estimate of drug-likeness (QED) is 0.432. The average molecular weight is 396 g/mol. The number of hydrogen-bond acceptors (Lipinski definition) is 5. The molecule has 0 radical (unpaired) electrons. The van der Waals surface area contributed by atoms with Gasteiger partial charge in [-0.25, -0.2) is 4.98 Å². The average Bonchev–Trinajstić information content (AvgIpc) is 3.33. The zero-order valence-electron chi connectivity index (χ0n) is 14.0. The minimum Gasteiger partial charge on any atom is -0.454 e. The Bertz CT molecular complexity index is 1150. The van der Waals surface area contributed by atoms with Crippen molar-refractivity contribution >= 4 is 40.3 Å². The van der Waals surface area contributed by atoms with Gasteiger partial charge in [0.2, 0.25) is 6.79 Å². The lowest BCUT2D eigenvalue weighted by atomic mass is 10.2. The molecule has 7 heteroatoms. The van der Waals surface area contributed by atoms with Crippen molar-refractivity contribution in [1.29, 1.82) is 0 Å². The summed E-state index contributed by atoms with van der Waals surface area (Å²) in [6, 6.07) is 19.5. The number of aromatic nitrogens is 2. The van der Waals surface area contributed by atoms with Gasteiger partial charge in [-0.05, 0) is 54.4 Å². The predicted molar refractivity (Wildman–Crippen MR) is 109 cm³/mol. The number of anilines is 1. The number of fused-ring (bicyclic) bond motifs is 2. The fourth-order valence-corrected chi connectivity index (χ4v) is 3.91. The molecule has 4 aromatic rings. The highest BCUT2D eigenvalue weighted by Gasteiger charge is 2.20. The second-order valence-electron chi connectivity index (χ2n) is 5.99. The van der Waals surface area contributed by atoms with Crippen LogP contribution in [0.25, 0.3) is 22.4 Å². The molecule has 0 amide bonds. The lowest BCUT2D eigenvalue weighted by molar-refractivity contribution is 0.174. The topological polar surface area (TPSA) is 59.2 Å². The van der Waals surface area contributed by atoms with Crippen molar-refractivity contribution in [1.82, 2.24) is 9.97 Å². The zero-order valence-corrected chi connectivity index (χ0v) is 15.6. The highest BCUT2D eigenvalue weighted by Crippen LogP contribution is 2.40. The Hall–Kier alpha value is -2.83. The molecule has 0 spiro atoms. The number of nitrogens with zero attached hydrogens (tertiary/aromatic N) is 1. The molecule has 0 atom stereocenters. The molecule has 0 saturated carbocycles. The van der Waals surface area contributed by atoms with Crippen LogP contribution in [0.2, 0.25) is 5.02 Å². The van der Waals surface area contributed by atoms with Crippen molar-refractivity contribution in [2.24, 2.45) is 0 Å². The number of benzene rings is 3. The number of hydrogen-bond donors (Lipinski definition) is 2. The molecule has 0 saturated heterocycles. The lowest BCUT2D eigenvalue weighted by Gasteiger charge is -2.06. The number of para-hydroxylation sites is 2. The van der Waals surface area contributed by atoms with Crippen LogP contribution in [0.1, 0.15) is 0 Å². The van der Waals surface area contributed by atoms with Gasteiger partial charge in [-0.2, -0.15) is 0 Å². The summed E-state index contributed by atoms with van der Waals surface area (Å²) in [5.74, 6) is 2.23. The Morgan fingerprint density at radius 1 is 1.04 bits per heavy atom. The van der Waals surface area contributed by atoms with E-state index in [-0.39, 0.29) is 6.79 Å². The third-order valence-corrected chi connectivity index (χ3v) is 5.40. The lowest BCUT2D eigenvalue weighted by Crippen LogP contribution is -1.93. The Kier molecular flexibility index (Phi) is 4.07. The van der Waals surface area contributed by atoms with Crippen molar-refractivity contribution in [2.75, 3.05) is 11.5 Å². The van der Waals surface area contributed by atoms with Gasteiger partial charge in [0.15, 0.2) is 11.5 Å². The van der Waals surface area contributed by atoms with Crippen LogP contribution in [0.3, 0.4) is 0 Å². The molecule has 1 aromatic heterocycles. The first kappa shape index (κ1) is 16.4. The van der Waals surface area contributed by atoms with Crippen LogP contribution in [0.5, 0.6) is 11.5 Å². The normalized spacial score (nSPS) is 12.5. The molecule has 2 heterocycles. The van der Waals surface area contributed by atoms with E-state index in [2.05, 4.69) is 15.8 Å². The van der Waals surface area contributed by atoms with Crippen LogP contribution in [0.15, 0.2) is 65.6 Å². The van der Waals surface area contributed by atoms with E-state index in [0.717, 1.165) is 44.5 Å². The molecular weight excluding hydrogens is 382 g/mol. The molecule has 0 unspecified atom stereocenters. The van der Waals surface area contributed by atoms with Crippen LogP contribution in [-0.2, 0) is 0 Å². The van der Waals surface area contributed by atoms with Crippen LogP contribution in [0, 0.1) is 0 Å². The number of imidazole rings is 1. The fraction of sp³-hybridized carbons (Fsp3) is 0.0500. The summed E-state index contributed by atoms with van der Waals surface area (Å²) < 4.78 is 14.3. The summed E-state index contributed by atoms with van der Waals surface area (Å²) in [4.78, 5) is 9.12. The van der Waals surface area contributed by atoms with Crippen molar-refractivity contribution in [3.63, 3.8) is 0 Å². The molecule has 0 fully saturated rings. The first-order valence-electron chi connectivity index (χ1n) is 8.34. The highest BCUT2D eigenvalue weighted by atomic mass is 35.5. The van der Waals surface area contributed by atoms with Crippen LogP contribution in [-0.4, -0.2) is 16.8 Å². The molecule has 1 aliphatic rings. The van der Waals surface area contributed by atoms with E-state index in [0.29, 0.717) is 5.02 Å². The highest BCUT2D eigenvalue weighted by molar-refractivity contribution is 8.00. The summed E-state index contributed by atoms with van der Waals surface area (Å²) in [6.07, 6.45) is 0. The van der Waals surface area contributed by atoms with Gasteiger partial charge in [-0.15, -0.1) is 0 Å². The zero-order chi connectivity index (χ0) is 18.2. The summed E-state index contributed by atoms with van der Waals surface area (Å²) >= 11 is 7.69. The Balaban J connectivity index is 1.44. The molecule has 27 heavy (non-hydrogen) atoms. The van der Waals surface area contributed by atoms with E-state index >= 15 is 0 Å². The molecule has 3 aromatic carbocycles. The minimum absolute atomic E-state index is 0.237. The summed E-state index contributed by atoms with van der Waals surface area (Å²) in [6.45, 7) is 0.237. The number of aromatic amines is 1. The number of nitrogens with one attached hydrogen (secondary N) is 2. The van der Waals surface area contributed by atoms with Crippen LogP contribution < -0.4 is 14.2 Å². The fourth-order valence-electron chi connectivity index (χ4n) is 2.95. The molecule has 0 bridgehead atoms. The molecule has 1 aliphatic heterocycles. The monoisotopic (exact) mass is 395 g/mol. The Labute approximate surface area is 164 Å². The molecule has 134 valence electrons. The summed E-state index contributed by atoms with van der Waals surface area (Å²) in [7, 11) is 0. The molecule has 2 N–H and O–H groups in total. The maximum absolute atomic E-state index is 6.19. The van der Waals surface area contributed by atoms with Crippen molar-refractivity contribution in [3.05, 3.63) is 65.7 Å². The second-order valence-corrected chi connectivity index (χ2v) is 7.27. The maximum Gasteiger partial charge on any atom is 0.231 e. The van der Waals surface area contributed by atoms with E-state index in [4.69, 9.17) is 26.1 Å². The first-order valence-corrected chi connectivity index (χ1v) is 9.53. The number of H-pyrrole nitrogens is 1. The number of halogens is 1.